The predicted octanol–water partition coefficient (Wildman–Crippen LogP) is 0.450. The molecule has 3 amide bonds. The fourth-order valence-electron chi connectivity index (χ4n) is 5.19. The highest BCUT2D eigenvalue weighted by Crippen LogP contribution is 2.52. The van der Waals surface area contributed by atoms with Crippen LogP contribution in [0.5, 0.6) is 0 Å². The molecule has 1 aromatic heterocycles. The van der Waals surface area contributed by atoms with Gasteiger partial charge in [-0.05, 0) is 44.2 Å². The molecule has 0 aromatic carbocycles. The summed E-state index contributed by atoms with van der Waals surface area (Å²) in [6, 6.07) is 0. The van der Waals surface area contributed by atoms with E-state index in [0.717, 1.165) is 43.1 Å². The number of imide groups is 1. The molecule has 4 aliphatic rings. The third kappa shape index (κ3) is 3.26. The van der Waals surface area contributed by atoms with Gasteiger partial charge in [-0.1, -0.05) is 12.2 Å². The number of fused-ring (bicyclic) bond motifs is 5. The minimum Gasteiger partial charge on any atom is -0.317 e. The summed E-state index contributed by atoms with van der Waals surface area (Å²) in [6.45, 7) is 1.60. The highest BCUT2D eigenvalue weighted by molar-refractivity contribution is 6.09. The maximum atomic E-state index is 12.7. The number of likely N-dealkylation sites (tertiary alicyclic amines) is 1. The second-order valence-electron chi connectivity index (χ2n) is 8.25. The van der Waals surface area contributed by atoms with Gasteiger partial charge in [-0.25, -0.2) is 4.68 Å². The van der Waals surface area contributed by atoms with Crippen LogP contribution in [-0.2, 0) is 21.4 Å². The van der Waals surface area contributed by atoms with Gasteiger partial charge in [-0.2, -0.15) is 10.1 Å². The number of piperidine rings is 1. The molecule has 3 heterocycles. The van der Waals surface area contributed by atoms with Gasteiger partial charge in [0.05, 0.1) is 11.8 Å². The number of rotatable bonds is 4. The Morgan fingerprint density at radius 3 is 2.41 bits per heavy atom. The molecule has 10 heteroatoms. The Balaban J connectivity index is 0.00000205. The van der Waals surface area contributed by atoms with Gasteiger partial charge in [0, 0.05) is 13.0 Å². The van der Waals surface area contributed by atoms with E-state index in [1.54, 1.807) is 11.7 Å². The van der Waals surface area contributed by atoms with E-state index in [0.29, 0.717) is 5.95 Å². The quantitative estimate of drug-likeness (QED) is 0.540. The molecular formula is C19H25ClN6O3. The van der Waals surface area contributed by atoms with Gasteiger partial charge in [-0.3, -0.25) is 24.6 Å². The number of hydrogen-bond donors (Lipinski definition) is 2. The first-order chi connectivity index (χ1) is 13.5. The van der Waals surface area contributed by atoms with Crippen molar-refractivity contribution >= 4 is 36.1 Å². The highest BCUT2D eigenvalue weighted by atomic mass is 35.5. The third-order valence-corrected chi connectivity index (χ3v) is 6.60. The van der Waals surface area contributed by atoms with Gasteiger partial charge in [0.1, 0.15) is 6.54 Å². The van der Waals surface area contributed by atoms with E-state index in [1.165, 1.54) is 0 Å². The number of nitrogens with zero attached hydrogens (tertiary/aromatic N) is 4. The van der Waals surface area contributed by atoms with Gasteiger partial charge in [0.25, 0.3) is 0 Å². The van der Waals surface area contributed by atoms with Crippen LogP contribution < -0.4 is 10.6 Å². The van der Waals surface area contributed by atoms with Crippen molar-refractivity contribution in [3.63, 3.8) is 0 Å². The average Bonchev–Trinajstić information content (AvgIpc) is 3.44. The second-order valence-corrected chi connectivity index (χ2v) is 8.25. The minimum atomic E-state index is -0.422. The molecule has 2 aliphatic heterocycles. The number of hydrogen-bond acceptors (Lipinski definition) is 6. The molecule has 2 N–H and O–H groups in total. The number of amides is 3. The van der Waals surface area contributed by atoms with E-state index in [1.807, 2.05) is 12.2 Å². The summed E-state index contributed by atoms with van der Waals surface area (Å²) in [5, 5.41) is 10.5. The van der Waals surface area contributed by atoms with Crippen LogP contribution >= 0.6 is 12.4 Å². The van der Waals surface area contributed by atoms with Gasteiger partial charge < -0.3 is 5.32 Å². The van der Waals surface area contributed by atoms with Crippen LogP contribution in [0.4, 0.5) is 5.95 Å². The first-order valence-electron chi connectivity index (χ1n) is 9.98. The summed E-state index contributed by atoms with van der Waals surface area (Å²) in [6.07, 6.45) is 6.90. The Hall–Kier alpha value is -2.26. The molecule has 0 spiro atoms. The first-order valence-corrected chi connectivity index (χ1v) is 9.98. The van der Waals surface area contributed by atoms with Crippen LogP contribution in [0.3, 0.4) is 0 Å². The molecule has 1 saturated carbocycles. The molecule has 2 bridgehead atoms. The van der Waals surface area contributed by atoms with Crippen molar-refractivity contribution in [3.05, 3.63) is 18.0 Å². The summed E-state index contributed by atoms with van der Waals surface area (Å²) < 4.78 is 1.54. The largest absolute Gasteiger partial charge is 0.317 e. The zero-order valence-electron chi connectivity index (χ0n) is 16.2. The van der Waals surface area contributed by atoms with Crippen molar-refractivity contribution < 1.29 is 14.4 Å². The lowest BCUT2D eigenvalue weighted by Gasteiger charge is -2.19. The van der Waals surface area contributed by atoms with Gasteiger partial charge >= 0.3 is 0 Å². The molecule has 4 unspecified atom stereocenters. The third-order valence-electron chi connectivity index (χ3n) is 6.60. The number of allylic oxidation sites excluding steroid dienone is 2. The van der Waals surface area contributed by atoms with Crippen molar-refractivity contribution in [2.45, 2.75) is 25.2 Å². The van der Waals surface area contributed by atoms with Crippen LogP contribution in [0.25, 0.3) is 0 Å². The molecular weight excluding hydrogens is 396 g/mol. The first kappa shape index (κ1) is 20.0. The molecule has 5 rings (SSSR count). The summed E-state index contributed by atoms with van der Waals surface area (Å²) in [5.41, 5.74) is 0. The van der Waals surface area contributed by atoms with E-state index in [9.17, 15) is 14.4 Å². The second kappa shape index (κ2) is 7.53. The molecule has 156 valence electrons. The van der Waals surface area contributed by atoms with Crippen LogP contribution in [0, 0.1) is 23.7 Å². The van der Waals surface area contributed by atoms with Gasteiger partial charge in [0.15, 0.2) is 5.82 Å². The minimum absolute atomic E-state index is 0. The summed E-state index contributed by atoms with van der Waals surface area (Å²) in [5.74, 6) is 0.233. The Kier molecular flexibility index (Phi) is 5.20. The Morgan fingerprint density at radius 1 is 1.17 bits per heavy atom. The van der Waals surface area contributed by atoms with E-state index in [4.69, 9.17) is 0 Å². The molecule has 29 heavy (non-hydrogen) atoms. The lowest BCUT2D eigenvalue weighted by molar-refractivity contribution is -0.143. The zero-order chi connectivity index (χ0) is 19.4. The molecule has 0 radical (unpaired) electrons. The van der Waals surface area contributed by atoms with Crippen molar-refractivity contribution in [3.8, 4) is 0 Å². The maximum Gasteiger partial charge on any atom is 0.246 e. The molecule has 9 nitrogen and oxygen atoms in total. The number of aryl methyl sites for hydroxylation is 1. The lowest BCUT2D eigenvalue weighted by atomic mass is 9.85. The topological polar surface area (TPSA) is 109 Å². The molecule has 1 aromatic rings. The molecule has 4 atom stereocenters. The van der Waals surface area contributed by atoms with E-state index >= 15 is 0 Å². The molecule has 2 aliphatic carbocycles. The van der Waals surface area contributed by atoms with Crippen molar-refractivity contribution in [2.24, 2.45) is 30.7 Å². The standard InChI is InChI=1S/C19H24N6O3.ClH/c1-24-19(22-16(23-24)10-4-6-20-7-5-10)21-13(26)9-25-17(27)14-11-2-3-12(8-11)15(14)18(25)28;/h2-3,10-12,14-15,20H,4-9H2,1H3,(H,21,22,23,26);1H. The van der Waals surface area contributed by atoms with Crippen LogP contribution in [0.1, 0.15) is 31.0 Å². The number of halogens is 1. The average molecular weight is 421 g/mol. The number of aromatic nitrogens is 3. The summed E-state index contributed by atoms with van der Waals surface area (Å²) in [7, 11) is 1.73. The summed E-state index contributed by atoms with van der Waals surface area (Å²) in [4.78, 5) is 43.5. The van der Waals surface area contributed by atoms with Gasteiger partial charge in [0.2, 0.25) is 23.7 Å². The molecule has 2 saturated heterocycles. The number of carbonyl (C=O) groups is 3. The van der Waals surface area contributed by atoms with E-state index in [2.05, 4.69) is 20.7 Å². The van der Waals surface area contributed by atoms with Crippen molar-refractivity contribution in [1.82, 2.24) is 25.0 Å². The lowest BCUT2D eigenvalue weighted by Crippen LogP contribution is -2.39. The Labute approximate surface area is 174 Å². The Bertz CT molecular complexity index is 847. The maximum absolute atomic E-state index is 12.7. The van der Waals surface area contributed by atoms with Crippen LogP contribution in [-0.4, -0.2) is 57.0 Å². The number of carbonyl (C=O) groups excluding carboxylic acids is 3. The Morgan fingerprint density at radius 2 is 1.79 bits per heavy atom. The fraction of sp³-hybridized carbons (Fsp3) is 0.632. The summed E-state index contributed by atoms with van der Waals surface area (Å²) >= 11 is 0. The fourth-order valence-corrected chi connectivity index (χ4v) is 5.19. The zero-order valence-corrected chi connectivity index (χ0v) is 17.0. The van der Waals surface area contributed by atoms with Crippen LogP contribution in [0.2, 0.25) is 0 Å². The van der Waals surface area contributed by atoms with E-state index < -0.39 is 5.91 Å². The highest BCUT2D eigenvalue weighted by Gasteiger charge is 2.59. The number of anilines is 1. The SMILES string of the molecule is Cl.Cn1nc(C2CCNCC2)nc1NC(=O)CN1C(=O)C2C3C=CC(C3)C2C1=O. The van der Waals surface area contributed by atoms with E-state index in [-0.39, 0.29) is 60.4 Å². The monoisotopic (exact) mass is 420 g/mol. The smallest absolute Gasteiger partial charge is 0.246 e. The normalized spacial score (nSPS) is 30.6. The van der Waals surface area contributed by atoms with Gasteiger partial charge in [-0.15, -0.1) is 12.4 Å². The van der Waals surface area contributed by atoms with Crippen molar-refractivity contribution in [2.75, 3.05) is 25.0 Å². The number of nitrogens with one attached hydrogen (secondary N) is 2. The predicted molar refractivity (Wildman–Crippen MR) is 106 cm³/mol. The molecule has 3 fully saturated rings. The van der Waals surface area contributed by atoms with Crippen molar-refractivity contribution in [1.29, 1.82) is 0 Å². The van der Waals surface area contributed by atoms with Crippen LogP contribution in [0.15, 0.2) is 12.2 Å².